The summed E-state index contributed by atoms with van der Waals surface area (Å²) in [6.07, 6.45) is 1.65. The predicted octanol–water partition coefficient (Wildman–Crippen LogP) is 5.19. The minimum atomic E-state index is -0.358. The molecule has 0 aromatic heterocycles. The van der Waals surface area contributed by atoms with Gasteiger partial charge in [0, 0.05) is 12.1 Å². The van der Waals surface area contributed by atoms with Crippen molar-refractivity contribution in [3.05, 3.63) is 53.3 Å². The van der Waals surface area contributed by atoms with Crippen LogP contribution >= 0.6 is 11.6 Å². The van der Waals surface area contributed by atoms with E-state index in [-0.39, 0.29) is 18.2 Å². The molecule has 1 heterocycles. The third-order valence-electron chi connectivity index (χ3n) is 3.70. The molecule has 1 aliphatic heterocycles. The predicted molar refractivity (Wildman–Crippen MR) is 92.9 cm³/mol. The van der Waals surface area contributed by atoms with Crippen LogP contribution in [0.4, 0.5) is 4.39 Å². The first-order valence-corrected chi connectivity index (χ1v) is 8.64. The van der Waals surface area contributed by atoms with Crippen LogP contribution in [0.1, 0.15) is 19.8 Å². The second-order valence-corrected chi connectivity index (χ2v) is 6.18. The van der Waals surface area contributed by atoms with Crippen LogP contribution in [0.5, 0.6) is 17.2 Å². The third-order valence-corrected chi connectivity index (χ3v) is 3.99. The SMILES string of the molecule is CCCC1OCC(COc2ccc(Oc3cccc(F)c3)cc2Cl)O1. The highest BCUT2D eigenvalue weighted by Crippen LogP contribution is 2.32. The molecule has 0 spiro atoms. The molecule has 0 saturated carbocycles. The molecule has 134 valence electrons. The van der Waals surface area contributed by atoms with Gasteiger partial charge < -0.3 is 18.9 Å². The van der Waals surface area contributed by atoms with Crippen LogP contribution in [0.15, 0.2) is 42.5 Å². The first-order valence-electron chi connectivity index (χ1n) is 8.27. The average molecular weight is 367 g/mol. The summed E-state index contributed by atoms with van der Waals surface area (Å²) in [5.41, 5.74) is 0. The van der Waals surface area contributed by atoms with Crippen molar-refractivity contribution in [3.8, 4) is 17.2 Å². The first kappa shape index (κ1) is 18.0. The molecule has 25 heavy (non-hydrogen) atoms. The van der Waals surface area contributed by atoms with E-state index < -0.39 is 0 Å². The standard InChI is InChI=1S/C19H20ClFO4/c1-2-4-19-23-12-16(25-19)11-22-18-8-7-15(10-17(18)20)24-14-6-3-5-13(21)9-14/h3,5-10,16,19H,2,4,11-12H2,1H3. The van der Waals surface area contributed by atoms with Gasteiger partial charge in [0.15, 0.2) is 6.29 Å². The Bertz CT molecular complexity index is 710. The Morgan fingerprint density at radius 3 is 2.80 bits per heavy atom. The average Bonchev–Trinajstić information content (AvgIpc) is 3.02. The monoisotopic (exact) mass is 366 g/mol. The van der Waals surface area contributed by atoms with Gasteiger partial charge in [0.2, 0.25) is 0 Å². The van der Waals surface area contributed by atoms with Crippen LogP contribution in [-0.4, -0.2) is 25.6 Å². The van der Waals surface area contributed by atoms with E-state index in [1.54, 1.807) is 30.3 Å². The fourth-order valence-electron chi connectivity index (χ4n) is 2.49. The Labute approximate surface area is 151 Å². The van der Waals surface area contributed by atoms with E-state index >= 15 is 0 Å². The summed E-state index contributed by atoms with van der Waals surface area (Å²) in [6, 6.07) is 11.0. The van der Waals surface area contributed by atoms with Crippen molar-refractivity contribution in [1.82, 2.24) is 0 Å². The minimum absolute atomic E-state index is 0.101. The van der Waals surface area contributed by atoms with Gasteiger partial charge in [0.05, 0.1) is 11.6 Å². The number of rotatable bonds is 7. The van der Waals surface area contributed by atoms with E-state index in [0.29, 0.717) is 35.5 Å². The maximum atomic E-state index is 13.2. The molecule has 0 amide bonds. The zero-order valence-electron chi connectivity index (χ0n) is 13.9. The smallest absolute Gasteiger partial charge is 0.158 e. The van der Waals surface area contributed by atoms with Crippen molar-refractivity contribution in [2.24, 2.45) is 0 Å². The first-order chi connectivity index (χ1) is 12.1. The molecular weight excluding hydrogens is 347 g/mol. The summed E-state index contributed by atoms with van der Waals surface area (Å²) in [7, 11) is 0. The molecule has 0 radical (unpaired) electrons. The maximum Gasteiger partial charge on any atom is 0.158 e. The molecule has 3 rings (SSSR count). The van der Waals surface area contributed by atoms with Crippen molar-refractivity contribution in [2.45, 2.75) is 32.2 Å². The van der Waals surface area contributed by atoms with Gasteiger partial charge >= 0.3 is 0 Å². The molecule has 2 aromatic rings. The van der Waals surface area contributed by atoms with Gasteiger partial charge in [-0.15, -0.1) is 0 Å². The van der Waals surface area contributed by atoms with E-state index in [4.69, 9.17) is 30.5 Å². The molecule has 1 aliphatic rings. The van der Waals surface area contributed by atoms with Crippen LogP contribution in [0.3, 0.4) is 0 Å². The maximum absolute atomic E-state index is 13.2. The lowest BCUT2D eigenvalue weighted by molar-refractivity contribution is -0.0676. The summed E-state index contributed by atoms with van der Waals surface area (Å²) in [5, 5.41) is 0.415. The summed E-state index contributed by atoms with van der Waals surface area (Å²) in [6.45, 7) is 2.97. The van der Waals surface area contributed by atoms with Crippen molar-refractivity contribution < 1.29 is 23.3 Å². The molecule has 1 saturated heterocycles. The lowest BCUT2D eigenvalue weighted by Gasteiger charge is -2.14. The van der Waals surface area contributed by atoms with Crippen LogP contribution in [0, 0.1) is 5.82 Å². The van der Waals surface area contributed by atoms with E-state index in [0.717, 1.165) is 12.8 Å². The van der Waals surface area contributed by atoms with Crippen molar-refractivity contribution in [2.75, 3.05) is 13.2 Å². The molecule has 2 aromatic carbocycles. The fourth-order valence-corrected chi connectivity index (χ4v) is 2.72. The summed E-state index contributed by atoms with van der Waals surface area (Å²) in [5.74, 6) is 1.09. The van der Waals surface area contributed by atoms with E-state index in [9.17, 15) is 4.39 Å². The van der Waals surface area contributed by atoms with E-state index in [2.05, 4.69) is 6.92 Å². The van der Waals surface area contributed by atoms with Gasteiger partial charge in [-0.2, -0.15) is 0 Å². The molecule has 6 heteroatoms. The van der Waals surface area contributed by atoms with Gasteiger partial charge in [0.25, 0.3) is 0 Å². The molecule has 0 N–H and O–H groups in total. The number of ether oxygens (including phenoxy) is 4. The zero-order valence-corrected chi connectivity index (χ0v) is 14.7. The van der Waals surface area contributed by atoms with E-state index in [1.165, 1.54) is 12.1 Å². The Kier molecular flexibility index (Phi) is 6.13. The number of halogens is 2. The number of hydrogen-bond acceptors (Lipinski definition) is 4. The molecular formula is C19H20ClFO4. The van der Waals surface area contributed by atoms with Gasteiger partial charge in [-0.25, -0.2) is 4.39 Å². The van der Waals surface area contributed by atoms with E-state index in [1.807, 2.05) is 0 Å². The molecule has 0 bridgehead atoms. The second-order valence-electron chi connectivity index (χ2n) is 5.77. The Hall–Kier alpha value is -1.82. The Morgan fingerprint density at radius 1 is 1.20 bits per heavy atom. The van der Waals surface area contributed by atoms with Crippen LogP contribution in [0.2, 0.25) is 5.02 Å². The van der Waals surface area contributed by atoms with Gasteiger partial charge in [-0.05, 0) is 30.7 Å². The minimum Gasteiger partial charge on any atom is -0.489 e. The van der Waals surface area contributed by atoms with Crippen LogP contribution in [0.25, 0.3) is 0 Å². The molecule has 1 fully saturated rings. The summed E-state index contributed by atoms with van der Waals surface area (Å²) in [4.78, 5) is 0. The highest BCUT2D eigenvalue weighted by Gasteiger charge is 2.25. The zero-order chi connectivity index (χ0) is 17.6. The largest absolute Gasteiger partial charge is 0.489 e. The molecule has 0 aliphatic carbocycles. The third kappa shape index (κ3) is 5.08. The highest BCUT2D eigenvalue weighted by atomic mass is 35.5. The normalized spacial score (nSPS) is 19.8. The van der Waals surface area contributed by atoms with Crippen molar-refractivity contribution >= 4 is 11.6 Å². The molecule has 4 nitrogen and oxygen atoms in total. The van der Waals surface area contributed by atoms with Gasteiger partial charge in [0.1, 0.15) is 35.8 Å². The topological polar surface area (TPSA) is 36.9 Å². The van der Waals surface area contributed by atoms with Crippen LogP contribution < -0.4 is 9.47 Å². The Balaban J connectivity index is 1.55. The van der Waals surface area contributed by atoms with Crippen molar-refractivity contribution in [3.63, 3.8) is 0 Å². The molecule has 2 unspecified atom stereocenters. The van der Waals surface area contributed by atoms with Crippen molar-refractivity contribution in [1.29, 1.82) is 0 Å². The summed E-state index contributed by atoms with van der Waals surface area (Å²) < 4.78 is 35.8. The van der Waals surface area contributed by atoms with Gasteiger partial charge in [-0.1, -0.05) is 31.0 Å². The number of benzene rings is 2. The summed E-state index contributed by atoms with van der Waals surface area (Å²) >= 11 is 6.24. The highest BCUT2D eigenvalue weighted by molar-refractivity contribution is 6.32. The fraction of sp³-hybridized carbons (Fsp3) is 0.368. The Morgan fingerprint density at radius 2 is 2.04 bits per heavy atom. The molecule has 2 atom stereocenters. The number of hydrogen-bond donors (Lipinski definition) is 0. The van der Waals surface area contributed by atoms with Gasteiger partial charge in [-0.3, -0.25) is 0 Å². The lowest BCUT2D eigenvalue weighted by atomic mass is 10.3. The second kappa shape index (κ2) is 8.52. The quantitative estimate of drug-likeness (QED) is 0.675. The lowest BCUT2D eigenvalue weighted by Crippen LogP contribution is -2.21. The van der Waals surface area contributed by atoms with Crippen LogP contribution in [-0.2, 0) is 9.47 Å².